The predicted molar refractivity (Wildman–Crippen MR) is 82.2 cm³/mol. The van der Waals surface area contributed by atoms with Crippen LogP contribution in [0.15, 0.2) is 24.3 Å². The average molecular weight is 326 g/mol. The van der Waals surface area contributed by atoms with Crippen molar-refractivity contribution in [1.82, 2.24) is 10.6 Å². The van der Waals surface area contributed by atoms with E-state index in [9.17, 15) is 19.2 Å². The van der Waals surface area contributed by atoms with Crippen LogP contribution in [0.25, 0.3) is 0 Å². The minimum Gasteiger partial charge on any atom is -0.458 e. The Bertz CT molecular complexity index is 482. The molecule has 0 saturated heterocycles. The summed E-state index contributed by atoms with van der Waals surface area (Å²) >= 11 is 0. The number of esters is 2. The second-order valence-corrected chi connectivity index (χ2v) is 4.73. The van der Waals surface area contributed by atoms with E-state index in [1.807, 2.05) is 0 Å². The number of hydrogen-bond acceptors (Lipinski definition) is 6. The topological polar surface area (TPSA) is 111 Å². The van der Waals surface area contributed by atoms with Crippen LogP contribution in [0.3, 0.4) is 0 Å². The van der Waals surface area contributed by atoms with Crippen LogP contribution in [0, 0.1) is 0 Å². The van der Waals surface area contributed by atoms with Gasteiger partial charge >= 0.3 is 11.9 Å². The summed E-state index contributed by atoms with van der Waals surface area (Å²) in [6.45, 7) is 11.3. The summed E-state index contributed by atoms with van der Waals surface area (Å²) in [5, 5.41) is 4.94. The average Bonchev–Trinajstić information content (AvgIpc) is 2.48. The molecule has 0 saturated carbocycles. The third kappa shape index (κ3) is 8.40. The number of carbonyl (C=O) groups is 4. The molecule has 2 N–H and O–H groups in total. The van der Waals surface area contributed by atoms with Gasteiger partial charge in [0.15, 0.2) is 0 Å². The minimum atomic E-state index is -1.20. The van der Waals surface area contributed by atoms with E-state index in [1.54, 1.807) is 6.92 Å². The molecule has 128 valence electrons. The first-order valence-corrected chi connectivity index (χ1v) is 6.94. The second-order valence-electron chi connectivity index (χ2n) is 4.73. The van der Waals surface area contributed by atoms with Crippen molar-refractivity contribution in [3.05, 3.63) is 24.3 Å². The van der Waals surface area contributed by atoms with Crippen LogP contribution >= 0.6 is 0 Å². The Morgan fingerprint density at radius 2 is 1.35 bits per heavy atom. The lowest BCUT2D eigenvalue weighted by Gasteiger charge is -2.18. The smallest absolute Gasteiger partial charge is 0.417 e. The van der Waals surface area contributed by atoms with Crippen LogP contribution in [0.4, 0.5) is 0 Å². The molecule has 0 heterocycles. The maximum Gasteiger partial charge on any atom is 0.417 e. The summed E-state index contributed by atoms with van der Waals surface area (Å²) < 4.78 is 9.44. The van der Waals surface area contributed by atoms with E-state index in [0.717, 1.165) is 0 Å². The lowest BCUT2D eigenvalue weighted by molar-refractivity contribution is -0.170. The van der Waals surface area contributed by atoms with Crippen LogP contribution < -0.4 is 10.6 Å². The zero-order chi connectivity index (χ0) is 18.0. The van der Waals surface area contributed by atoms with Gasteiger partial charge in [0.2, 0.25) is 11.8 Å². The zero-order valence-electron chi connectivity index (χ0n) is 13.6. The van der Waals surface area contributed by atoms with Crippen LogP contribution in [0.2, 0.25) is 0 Å². The first-order chi connectivity index (χ1) is 10.7. The molecule has 0 bridgehead atoms. The highest BCUT2D eigenvalue weighted by Gasteiger charge is 2.23. The van der Waals surface area contributed by atoms with Gasteiger partial charge in [0.25, 0.3) is 0 Å². The Kier molecular flexibility index (Phi) is 8.98. The van der Waals surface area contributed by atoms with E-state index in [-0.39, 0.29) is 30.8 Å². The summed E-state index contributed by atoms with van der Waals surface area (Å²) in [6.07, 6.45) is -0.946. The summed E-state index contributed by atoms with van der Waals surface area (Å²) in [5.41, 5.74) is 0.540. The number of carbonyl (C=O) groups excluding carboxylic acids is 4. The van der Waals surface area contributed by atoms with Crippen molar-refractivity contribution < 1.29 is 28.7 Å². The molecule has 0 aromatic rings. The quantitative estimate of drug-likeness (QED) is 0.364. The highest BCUT2D eigenvalue weighted by Crippen LogP contribution is 1.96. The lowest BCUT2D eigenvalue weighted by atomic mass is 10.2. The molecule has 0 aliphatic heterocycles. The highest BCUT2D eigenvalue weighted by molar-refractivity contribution is 6.29. The molecule has 0 unspecified atom stereocenters. The zero-order valence-corrected chi connectivity index (χ0v) is 13.6. The fraction of sp³-hybridized carbons (Fsp3) is 0.467. The van der Waals surface area contributed by atoms with Crippen molar-refractivity contribution in [3.63, 3.8) is 0 Å². The molecular formula is C15H22N2O6. The molecule has 0 radical (unpaired) electrons. The molecule has 8 heteroatoms. The molecule has 0 spiro atoms. The van der Waals surface area contributed by atoms with Crippen molar-refractivity contribution in [2.75, 3.05) is 19.7 Å². The molecule has 0 aromatic carbocycles. The summed E-state index contributed by atoms with van der Waals surface area (Å²) in [4.78, 5) is 45.8. The van der Waals surface area contributed by atoms with Crippen molar-refractivity contribution in [2.24, 2.45) is 0 Å². The molecule has 23 heavy (non-hydrogen) atoms. The number of nitrogens with one attached hydrogen (secondary N) is 2. The third-order valence-corrected chi connectivity index (χ3v) is 2.47. The fourth-order valence-corrected chi connectivity index (χ4v) is 1.26. The molecule has 0 fully saturated rings. The molecule has 0 atom stereocenters. The van der Waals surface area contributed by atoms with E-state index in [2.05, 4.69) is 28.5 Å². The van der Waals surface area contributed by atoms with E-state index in [0.29, 0.717) is 0 Å². The molecule has 0 aliphatic carbocycles. The van der Waals surface area contributed by atoms with Gasteiger partial charge in [0.05, 0.1) is 19.7 Å². The van der Waals surface area contributed by atoms with Crippen molar-refractivity contribution in [3.8, 4) is 0 Å². The molecule has 0 rings (SSSR count). The largest absolute Gasteiger partial charge is 0.458 e. The summed E-state index contributed by atoms with van der Waals surface area (Å²) in [6, 6.07) is 0. The number of ether oxygens (including phenoxy) is 2. The fourth-order valence-electron chi connectivity index (χ4n) is 1.26. The predicted octanol–water partition coefficient (Wildman–Crippen LogP) is -0.154. The van der Waals surface area contributed by atoms with Crippen molar-refractivity contribution in [2.45, 2.75) is 26.9 Å². The Morgan fingerprint density at radius 1 is 0.913 bits per heavy atom. The Hall–Kier alpha value is -2.64. The van der Waals surface area contributed by atoms with Gasteiger partial charge in [-0.15, -0.1) is 0 Å². The van der Waals surface area contributed by atoms with Gasteiger partial charge in [-0.25, -0.2) is 9.59 Å². The lowest BCUT2D eigenvalue weighted by Crippen LogP contribution is -2.43. The normalized spacial score (nSPS) is 9.74. The van der Waals surface area contributed by atoms with E-state index < -0.39 is 29.9 Å². The summed E-state index contributed by atoms with van der Waals surface area (Å²) in [5.74, 6) is -3.22. The third-order valence-electron chi connectivity index (χ3n) is 2.47. The Balaban J connectivity index is 4.71. The van der Waals surface area contributed by atoms with Crippen LogP contribution in [0.1, 0.15) is 20.8 Å². The monoisotopic (exact) mass is 326 g/mol. The number of amides is 2. The van der Waals surface area contributed by atoms with Crippen LogP contribution in [-0.2, 0) is 28.7 Å². The minimum absolute atomic E-state index is 0.0252. The number of rotatable bonds is 8. The SMILES string of the molecule is C=C(C)C(=O)NCC(CNC(=O)C(=C)C)OC(=O)C(=O)OCC. The van der Waals surface area contributed by atoms with Crippen molar-refractivity contribution in [1.29, 1.82) is 0 Å². The van der Waals surface area contributed by atoms with E-state index in [1.165, 1.54) is 13.8 Å². The first-order valence-electron chi connectivity index (χ1n) is 6.94. The molecule has 8 nitrogen and oxygen atoms in total. The van der Waals surface area contributed by atoms with Gasteiger partial charge in [0.1, 0.15) is 6.10 Å². The Morgan fingerprint density at radius 3 is 1.70 bits per heavy atom. The van der Waals surface area contributed by atoms with Crippen LogP contribution in [0.5, 0.6) is 0 Å². The highest BCUT2D eigenvalue weighted by atomic mass is 16.6. The second kappa shape index (κ2) is 10.1. The van der Waals surface area contributed by atoms with Crippen molar-refractivity contribution >= 4 is 23.8 Å². The van der Waals surface area contributed by atoms with Gasteiger partial charge in [-0.3, -0.25) is 9.59 Å². The number of hydrogen-bond donors (Lipinski definition) is 2. The molecule has 0 aliphatic rings. The first kappa shape index (κ1) is 20.4. The molecule has 0 aromatic heterocycles. The standard InChI is InChI=1S/C15H22N2O6/c1-6-22-14(20)15(21)23-11(7-16-12(18)9(2)3)8-17-13(19)10(4)5/h11H,2,4,6-8H2,1,3,5H3,(H,16,18)(H,17,19). The van der Waals surface area contributed by atoms with Gasteiger partial charge in [-0.1, -0.05) is 13.2 Å². The van der Waals surface area contributed by atoms with E-state index in [4.69, 9.17) is 4.74 Å². The maximum absolute atomic E-state index is 11.5. The van der Waals surface area contributed by atoms with Gasteiger partial charge in [-0.2, -0.15) is 0 Å². The van der Waals surface area contributed by atoms with Gasteiger partial charge in [0, 0.05) is 11.1 Å². The maximum atomic E-state index is 11.5. The van der Waals surface area contributed by atoms with Gasteiger partial charge in [-0.05, 0) is 20.8 Å². The van der Waals surface area contributed by atoms with E-state index >= 15 is 0 Å². The Labute approximate surface area is 134 Å². The molecular weight excluding hydrogens is 304 g/mol. The molecule has 2 amide bonds. The summed E-state index contributed by atoms with van der Waals surface area (Å²) in [7, 11) is 0. The van der Waals surface area contributed by atoms with Crippen LogP contribution in [-0.4, -0.2) is 49.6 Å². The van der Waals surface area contributed by atoms with Gasteiger partial charge < -0.3 is 20.1 Å².